The minimum atomic E-state index is -1.82. The summed E-state index contributed by atoms with van der Waals surface area (Å²) in [5.41, 5.74) is 0.494. The van der Waals surface area contributed by atoms with Crippen LogP contribution in [0.2, 0.25) is 0 Å². The van der Waals surface area contributed by atoms with E-state index in [-0.39, 0.29) is 30.1 Å². The Morgan fingerprint density at radius 1 is 1.05 bits per heavy atom. The molecule has 1 aliphatic carbocycles. The smallest absolute Gasteiger partial charge is 0.290 e. The van der Waals surface area contributed by atoms with Gasteiger partial charge >= 0.3 is 0 Å². The highest BCUT2D eigenvalue weighted by Crippen LogP contribution is 2.35. The minimum absolute atomic E-state index is 0.00420. The van der Waals surface area contributed by atoms with Crippen LogP contribution in [0.3, 0.4) is 0 Å². The normalized spacial score (nSPS) is 17.8. The summed E-state index contributed by atoms with van der Waals surface area (Å²) in [4.78, 5) is 53.7. The molecule has 2 N–H and O–H groups in total. The number of nitrogens with zero attached hydrogens (tertiary/aromatic N) is 1. The number of nitrogens with one attached hydrogen (secondary N) is 2. The topological polar surface area (TPSA) is 118 Å². The number of fused-ring (bicyclic) bond motifs is 1. The predicted octanol–water partition coefficient (Wildman–Crippen LogP) is 3.89. The van der Waals surface area contributed by atoms with Crippen molar-refractivity contribution >= 4 is 34.5 Å². The van der Waals surface area contributed by atoms with E-state index in [0.717, 1.165) is 12.8 Å². The maximum absolute atomic E-state index is 14.1. The van der Waals surface area contributed by atoms with Gasteiger partial charge in [0.1, 0.15) is 18.2 Å². The second-order valence-corrected chi connectivity index (χ2v) is 10.9. The number of hydrogen-bond donors (Lipinski definition) is 2. The molecule has 13 heteroatoms. The van der Waals surface area contributed by atoms with Gasteiger partial charge in [0, 0.05) is 31.0 Å². The van der Waals surface area contributed by atoms with E-state index >= 15 is 0 Å². The van der Waals surface area contributed by atoms with Crippen molar-refractivity contribution < 1.29 is 45.9 Å². The second kappa shape index (κ2) is 12.4. The molecule has 3 amide bonds. The van der Waals surface area contributed by atoms with Crippen LogP contribution in [0.4, 0.5) is 17.6 Å². The summed E-state index contributed by atoms with van der Waals surface area (Å²) >= 11 is 0. The Labute approximate surface area is 243 Å². The monoisotopic (exact) mass is 603 g/mol. The summed E-state index contributed by atoms with van der Waals surface area (Å²) in [6, 6.07) is 6.20. The number of benzene rings is 2. The van der Waals surface area contributed by atoms with Crippen molar-refractivity contribution in [1.82, 2.24) is 15.5 Å². The molecule has 228 valence electrons. The number of halogens is 4. The maximum Gasteiger partial charge on any atom is 0.290 e. The lowest BCUT2D eigenvalue weighted by molar-refractivity contribution is -0.132. The molecule has 2 fully saturated rings. The Kier molecular flexibility index (Phi) is 8.69. The average molecular weight is 604 g/mol. The zero-order valence-corrected chi connectivity index (χ0v) is 23.1. The number of ketones is 1. The molecule has 0 unspecified atom stereocenters. The number of furan rings is 1. The van der Waals surface area contributed by atoms with Crippen LogP contribution in [0.15, 0.2) is 40.8 Å². The minimum Gasteiger partial charge on any atom is -0.479 e. The average Bonchev–Trinajstić information content (AvgIpc) is 3.56. The lowest BCUT2D eigenvalue weighted by atomic mass is 9.95. The van der Waals surface area contributed by atoms with Crippen LogP contribution in [-0.4, -0.2) is 60.7 Å². The van der Waals surface area contributed by atoms with Crippen molar-refractivity contribution in [2.24, 2.45) is 11.8 Å². The summed E-state index contributed by atoms with van der Waals surface area (Å²) in [5.74, 6) is -11.4. The molecule has 2 aromatic carbocycles. The van der Waals surface area contributed by atoms with Crippen LogP contribution in [0, 0.1) is 35.1 Å². The number of rotatable bonds is 12. The molecule has 0 radical (unpaired) electrons. The first-order valence-electron chi connectivity index (χ1n) is 13.9. The Morgan fingerprint density at radius 3 is 2.37 bits per heavy atom. The van der Waals surface area contributed by atoms with E-state index in [9.17, 15) is 36.7 Å². The third kappa shape index (κ3) is 6.65. The van der Waals surface area contributed by atoms with Gasteiger partial charge in [-0.05, 0) is 37.3 Å². The van der Waals surface area contributed by atoms with Gasteiger partial charge in [-0.2, -0.15) is 8.78 Å². The third-order valence-electron chi connectivity index (χ3n) is 7.80. The molecule has 43 heavy (non-hydrogen) atoms. The first-order chi connectivity index (χ1) is 20.5. The first-order valence-corrected chi connectivity index (χ1v) is 13.9. The van der Waals surface area contributed by atoms with Gasteiger partial charge in [-0.1, -0.05) is 31.0 Å². The summed E-state index contributed by atoms with van der Waals surface area (Å²) in [6.45, 7) is -0.704. The lowest BCUT2D eigenvalue weighted by Crippen LogP contribution is -2.53. The molecule has 1 saturated heterocycles. The van der Waals surface area contributed by atoms with Crippen molar-refractivity contribution in [2.75, 3.05) is 20.2 Å². The summed E-state index contributed by atoms with van der Waals surface area (Å²) in [7, 11) is 1.44. The van der Waals surface area contributed by atoms with Crippen molar-refractivity contribution in [2.45, 2.75) is 44.2 Å². The van der Waals surface area contributed by atoms with Crippen LogP contribution in [0.25, 0.3) is 11.0 Å². The summed E-state index contributed by atoms with van der Waals surface area (Å²) in [6.07, 6.45) is 2.22. The molecule has 9 nitrogen and oxygen atoms in total. The van der Waals surface area contributed by atoms with E-state index in [4.69, 9.17) is 9.15 Å². The van der Waals surface area contributed by atoms with Crippen LogP contribution < -0.4 is 15.4 Å². The standard InChI is InChI=1S/C30H29F4N3O6/c1-37(30(41)24-12-16-4-2-3-5-23(16)43-24)21(10-15-6-7-15)29(40)36-20(11-17-8-9-35-28(17)39)22(38)14-42-27-25(33)18(31)13-19(32)26(27)34/h2-5,12-13,15,17,20-21H,6-11,14H2,1H3,(H,35,39)(H,36,40)/t17-,20-,21-/m0/s1. The van der Waals surface area contributed by atoms with Crippen LogP contribution in [-0.2, 0) is 14.4 Å². The number of para-hydroxylation sites is 1. The Morgan fingerprint density at radius 2 is 1.74 bits per heavy atom. The van der Waals surface area contributed by atoms with E-state index in [1.54, 1.807) is 30.3 Å². The first kappa shape index (κ1) is 30.1. The number of Topliss-reactive ketones (excluding diaryl/α,β-unsaturated/α-hetero) is 1. The predicted molar refractivity (Wildman–Crippen MR) is 144 cm³/mol. The Hall–Kier alpha value is -4.42. The van der Waals surface area contributed by atoms with Crippen molar-refractivity contribution in [3.63, 3.8) is 0 Å². The van der Waals surface area contributed by atoms with Crippen LogP contribution >= 0.6 is 0 Å². The third-order valence-corrected chi connectivity index (χ3v) is 7.80. The number of carbonyl (C=O) groups excluding carboxylic acids is 4. The fraction of sp³-hybridized carbons (Fsp3) is 0.400. The summed E-state index contributed by atoms with van der Waals surface area (Å²) in [5, 5.41) is 5.93. The highest BCUT2D eigenvalue weighted by atomic mass is 19.2. The molecule has 3 aromatic rings. The fourth-order valence-corrected chi connectivity index (χ4v) is 5.13. The van der Waals surface area contributed by atoms with Crippen LogP contribution in [0.1, 0.15) is 42.7 Å². The fourth-order valence-electron chi connectivity index (χ4n) is 5.13. The SMILES string of the molecule is CN(C(=O)c1cc2ccccc2o1)[C@@H](CC1CC1)C(=O)N[C@@H](C[C@@H]1CCNC1=O)C(=O)COc1c(F)c(F)cc(F)c1F. The number of hydrogen-bond acceptors (Lipinski definition) is 6. The molecule has 1 aliphatic heterocycles. The van der Waals surface area contributed by atoms with E-state index in [2.05, 4.69) is 10.6 Å². The zero-order valence-electron chi connectivity index (χ0n) is 23.1. The molecule has 5 rings (SSSR count). The quantitative estimate of drug-likeness (QED) is 0.240. The molecule has 1 saturated carbocycles. The number of ether oxygens (including phenoxy) is 1. The zero-order chi connectivity index (χ0) is 30.8. The van der Waals surface area contributed by atoms with Crippen molar-refractivity contribution in [3.8, 4) is 5.75 Å². The number of amides is 3. The van der Waals surface area contributed by atoms with Gasteiger partial charge in [-0.15, -0.1) is 0 Å². The molecule has 2 aliphatic rings. The van der Waals surface area contributed by atoms with Gasteiger partial charge in [0.25, 0.3) is 5.91 Å². The largest absolute Gasteiger partial charge is 0.479 e. The van der Waals surface area contributed by atoms with E-state index in [1.807, 2.05) is 0 Å². The van der Waals surface area contributed by atoms with E-state index in [0.29, 0.717) is 30.4 Å². The highest BCUT2D eigenvalue weighted by molar-refractivity contribution is 5.99. The highest BCUT2D eigenvalue weighted by Gasteiger charge is 2.38. The molecule has 0 bridgehead atoms. The van der Waals surface area contributed by atoms with Crippen LogP contribution in [0.5, 0.6) is 5.75 Å². The molecule has 0 spiro atoms. The Balaban J connectivity index is 1.35. The summed E-state index contributed by atoms with van der Waals surface area (Å²) < 4.78 is 66.0. The maximum atomic E-state index is 14.1. The second-order valence-electron chi connectivity index (χ2n) is 10.9. The molecule has 3 atom stereocenters. The lowest BCUT2D eigenvalue weighted by Gasteiger charge is -2.29. The van der Waals surface area contributed by atoms with Gasteiger partial charge in [-0.25, -0.2) is 8.78 Å². The molecular weight excluding hydrogens is 574 g/mol. The Bertz CT molecular complexity index is 1510. The van der Waals surface area contributed by atoms with Gasteiger partial charge in [0.15, 0.2) is 28.9 Å². The molecule has 2 heterocycles. The van der Waals surface area contributed by atoms with Crippen molar-refractivity contribution in [1.29, 1.82) is 0 Å². The van der Waals surface area contributed by atoms with Gasteiger partial charge in [0.2, 0.25) is 23.4 Å². The van der Waals surface area contributed by atoms with E-state index in [1.165, 1.54) is 11.9 Å². The molecule has 1 aromatic heterocycles. The number of carbonyl (C=O) groups is 4. The van der Waals surface area contributed by atoms with Gasteiger partial charge in [-0.3, -0.25) is 19.2 Å². The van der Waals surface area contributed by atoms with E-state index < -0.39 is 71.2 Å². The number of likely N-dealkylation sites (N-methyl/N-ethyl adjacent to an activating group) is 1. The molecular formula is C30H29F4N3O6. The van der Waals surface area contributed by atoms with Gasteiger partial charge < -0.3 is 24.7 Å². The van der Waals surface area contributed by atoms with Crippen molar-refractivity contribution in [3.05, 3.63) is 65.4 Å². The van der Waals surface area contributed by atoms with Gasteiger partial charge in [0.05, 0.1) is 6.04 Å².